The fraction of sp³-hybridized carbons (Fsp3) is 1.00. The molecule has 0 radical (unpaired) electrons. The minimum atomic E-state index is 0.883. The van der Waals surface area contributed by atoms with E-state index in [1.165, 1.54) is 142 Å². The van der Waals surface area contributed by atoms with Crippen LogP contribution in [0.3, 0.4) is 0 Å². The molecule has 0 aromatic heterocycles. The summed E-state index contributed by atoms with van der Waals surface area (Å²) in [5.41, 5.74) is 0. The molecule has 0 aromatic rings. The fourth-order valence-electron chi connectivity index (χ4n) is 4.63. The van der Waals surface area contributed by atoms with E-state index in [-0.39, 0.29) is 0 Å². The third kappa shape index (κ3) is 13.2. The summed E-state index contributed by atoms with van der Waals surface area (Å²) < 4.78 is 0. The number of rotatable bonds is 12. The maximum Gasteiger partial charge on any atom is 0.00952 e. The van der Waals surface area contributed by atoms with Gasteiger partial charge in [-0.1, -0.05) is 117 Å². The monoisotopic (exact) mass is 365 g/mol. The molecule has 1 heteroatoms. The molecule has 1 saturated heterocycles. The third-order valence-electron chi connectivity index (χ3n) is 6.44. The molecule has 1 unspecified atom stereocenters. The van der Waals surface area contributed by atoms with Crippen LogP contribution in [0.1, 0.15) is 142 Å². The Morgan fingerprint density at radius 3 is 1.46 bits per heavy atom. The summed E-state index contributed by atoms with van der Waals surface area (Å²) in [4.78, 5) is 2.92. The zero-order valence-corrected chi connectivity index (χ0v) is 18.6. The van der Waals surface area contributed by atoms with Crippen molar-refractivity contribution in [3.63, 3.8) is 0 Å². The normalized spacial score (nSPS) is 19.6. The van der Waals surface area contributed by atoms with Crippen molar-refractivity contribution in [1.82, 2.24) is 4.90 Å². The number of hydrogen-bond acceptors (Lipinski definition) is 1. The predicted molar refractivity (Wildman–Crippen MR) is 119 cm³/mol. The van der Waals surface area contributed by atoms with Gasteiger partial charge in [0, 0.05) is 6.04 Å². The zero-order valence-electron chi connectivity index (χ0n) is 18.6. The summed E-state index contributed by atoms with van der Waals surface area (Å²) in [6.07, 6.45) is 29.1. The molecular formula is C25H51N. The van der Waals surface area contributed by atoms with E-state index < -0.39 is 0 Å². The second-order valence-electron chi connectivity index (χ2n) is 8.92. The van der Waals surface area contributed by atoms with Gasteiger partial charge >= 0.3 is 0 Å². The highest BCUT2D eigenvalue weighted by molar-refractivity contribution is 4.73. The summed E-state index contributed by atoms with van der Waals surface area (Å²) in [7, 11) is 0. The molecule has 1 atom stereocenters. The first-order valence-electron chi connectivity index (χ1n) is 12.6. The molecule has 0 N–H and O–H groups in total. The molecule has 0 saturated carbocycles. The first-order valence-corrected chi connectivity index (χ1v) is 12.6. The van der Waals surface area contributed by atoms with Crippen LogP contribution in [0, 0.1) is 0 Å². The van der Waals surface area contributed by atoms with Crippen LogP contribution in [0.5, 0.6) is 0 Å². The summed E-state index contributed by atoms with van der Waals surface area (Å²) in [5.74, 6) is 0. The molecule has 26 heavy (non-hydrogen) atoms. The van der Waals surface area contributed by atoms with Crippen LogP contribution < -0.4 is 0 Å². The van der Waals surface area contributed by atoms with Gasteiger partial charge in [-0.15, -0.1) is 0 Å². The van der Waals surface area contributed by atoms with Gasteiger partial charge in [0.1, 0.15) is 0 Å². The summed E-state index contributed by atoms with van der Waals surface area (Å²) in [6.45, 7) is 7.44. The fourth-order valence-corrected chi connectivity index (χ4v) is 4.63. The van der Waals surface area contributed by atoms with Crippen LogP contribution in [-0.2, 0) is 0 Å². The van der Waals surface area contributed by atoms with Gasteiger partial charge in [-0.25, -0.2) is 0 Å². The Morgan fingerprint density at radius 2 is 0.923 bits per heavy atom. The van der Waals surface area contributed by atoms with E-state index in [2.05, 4.69) is 18.7 Å². The molecule has 1 heterocycles. The molecule has 156 valence electrons. The Bertz CT molecular complexity index is 263. The van der Waals surface area contributed by atoms with Crippen LogP contribution in [-0.4, -0.2) is 24.0 Å². The minimum absolute atomic E-state index is 0.883. The van der Waals surface area contributed by atoms with E-state index in [9.17, 15) is 0 Å². The zero-order chi connectivity index (χ0) is 18.7. The summed E-state index contributed by atoms with van der Waals surface area (Å²) in [6, 6.07) is 0.883. The van der Waals surface area contributed by atoms with Crippen molar-refractivity contribution in [2.24, 2.45) is 0 Å². The molecule has 1 aliphatic rings. The standard InChI is InChI=1S/C25H51N/c1-3-5-7-8-12-15-18-22-25(21-6-4-2)26-23-19-16-13-10-9-11-14-17-20-24-26/h25H,3-24H2,1-2H3. The van der Waals surface area contributed by atoms with Crippen LogP contribution >= 0.6 is 0 Å². The second kappa shape index (κ2) is 18.3. The Balaban J connectivity index is 2.37. The van der Waals surface area contributed by atoms with Crippen molar-refractivity contribution in [3.8, 4) is 0 Å². The predicted octanol–water partition coefficient (Wildman–Crippen LogP) is 8.51. The van der Waals surface area contributed by atoms with Gasteiger partial charge in [0.15, 0.2) is 0 Å². The minimum Gasteiger partial charge on any atom is -0.300 e. The van der Waals surface area contributed by atoms with Crippen molar-refractivity contribution >= 4 is 0 Å². The molecule has 0 amide bonds. The molecular weight excluding hydrogens is 314 g/mol. The second-order valence-corrected chi connectivity index (χ2v) is 8.92. The van der Waals surface area contributed by atoms with Gasteiger partial charge < -0.3 is 4.90 Å². The van der Waals surface area contributed by atoms with Crippen LogP contribution in [0.25, 0.3) is 0 Å². The maximum atomic E-state index is 2.92. The average Bonchev–Trinajstić information content (AvgIpc) is 2.64. The lowest BCUT2D eigenvalue weighted by Gasteiger charge is -2.32. The first kappa shape index (κ1) is 24.0. The van der Waals surface area contributed by atoms with Crippen LogP contribution in [0.4, 0.5) is 0 Å². The quantitative estimate of drug-likeness (QED) is 0.313. The highest BCUT2D eigenvalue weighted by Gasteiger charge is 2.17. The maximum absolute atomic E-state index is 2.92. The van der Waals surface area contributed by atoms with Crippen molar-refractivity contribution in [2.45, 2.75) is 148 Å². The SMILES string of the molecule is CCCCCCCCCC(CCCC)N1CCCCCCCCCCC1. The Hall–Kier alpha value is -0.0400. The Labute approximate surface area is 166 Å². The summed E-state index contributed by atoms with van der Waals surface area (Å²) in [5, 5.41) is 0. The van der Waals surface area contributed by atoms with Gasteiger partial charge in [0.25, 0.3) is 0 Å². The van der Waals surface area contributed by atoms with Crippen molar-refractivity contribution in [2.75, 3.05) is 13.1 Å². The molecule has 1 aliphatic heterocycles. The summed E-state index contributed by atoms with van der Waals surface area (Å²) >= 11 is 0. The van der Waals surface area contributed by atoms with Crippen molar-refractivity contribution in [3.05, 3.63) is 0 Å². The molecule has 0 aromatic carbocycles. The van der Waals surface area contributed by atoms with Gasteiger partial charge in [0.05, 0.1) is 0 Å². The smallest absolute Gasteiger partial charge is 0.00952 e. The molecule has 0 spiro atoms. The molecule has 0 aliphatic carbocycles. The van der Waals surface area contributed by atoms with E-state index in [0.717, 1.165) is 6.04 Å². The van der Waals surface area contributed by atoms with Gasteiger partial charge in [-0.3, -0.25) is 0 Å². The molecule has 1 rings (SSSR count). The number of unbranched alkanes of at least 4 members (excludes halogenated alkanes) is 7. The Morgan fingerprint density at radius 1 is 0.500 bits per heavy atom. The highest BCUT2D eigenvalue weighted by Crippen LogP contribution is 2.21. The highest BCUT2D eigenvalue weighted by atomic mass is 15.1. The molecule has 1 fully saturated rings. The van der Waals surface area contributed by atoms with E-state index in [0.29, 0.717) is 0 Å². The lowest BCUT2D eigenvalue weighted by Crippen LogP contribution is -2.37. The van der Waals surface area contributed by atoms with E-state index in [1.54, 1.807) is 0 Å². The van der Waals surface area contributed by atoms with Gasteiger partial charge in [-0.05, 0) is 38.8 Å². The average molecular weight is 366 g/mol. The number of nitrogens with zero attached hydrogens (tertiary/aromatic N) is 1. The van der Waals surface area contributed by atoms with E-state index >= 15 is 0 Å². The van der Waals surface area contributed by atoms with Gasteiger partial charge in [-0.2, -0.15) is 0 Å². The van der Waals surface area contributed by atoms with E-state index in [1.807, 2.05) is 0 Å². The largest absolute Gasteiger partial charge is 0.300 e. The number of hydrogen-bond donors (Lipinski definition) is 0. The topological polar surface area (TPSA) is 3.24 Å². The van der Waals surface area contributed by atoms with E-state index in [4.69, 9.17) is 0 Å². The van der Waals surface area contributed by atoms with Gasteiger partial charge in [0.2, 0.25) is 0 Å². The lowest BCUT2D eigenvalue weighted by molar-refractivity contribution is 0.163. The van der Waals surface area contributed by atoms with Crippen LogP contribution in [0.2, 0.25) is 0 Å². The molecule has 0 bridgehead atoms. The first-order chi connectivity index (χ1) is 12.9. The molecule has 1 nitrogen and oxygen atoms in total. The lowest BCUT2D eigenvalue weighted by atomic mass is 9.98. The van der Waals surface area contributed by atoms with Crippen molar-refractivity contribution in [1.29, 1.82) is 0 Å². The van der Waals surface area contributed by atoms with Crippen molar-refractivity contribution < 1.29 is 0 Å². The third-order valence-corrected chi connectivity index (χ3v) is 6.44. The van der Waals surface area contributed by atoms with Crippen LogP contribution in [0.15, 0.2) is 0 Å². The Kier molecular flexibility index (Phi) is 16.9.